The summed E-state index contributed by atoms with van der Waals surface area (Å²) in [6.45, 7) is 1.50. The van der Waals surface area contributed by atoms with Crippen molar-refractivity contribution < 1.29 is 24.4 Å². The van der Waals surface area contributed by atoms with E-state index in [1.165, 1.54) is 20.1 Å². The fourth-order valence-electron chi connectivity index (χ4n) is 1.93. The van der Waals surface area contributed by atoms with Crippen LogP contribution in [0, 0.1) is 10.1 Å². The summed E-state index contributed by atoms with van der Waals surface area (Å²) in [5.74, 6) is -1.74. The SMILES string of the molecule is COCC(C)(CC(=O)O)NC(=O)c1ccc([N+](=O)[O-])cc1Cl. The number of carboxylic acid groups (broad SMARTS) is 1. The Balaban J connectivity index is 2.99. The molecule has 22 heavy (non-hydrogen) atoms. The second-order valence-electron chi connectivity index (χ2n) is 4.94. The van der Waals surface area contributed by atoms with Crippen LogP contribution in [-0.2, 0) is 9.53 Å². The minimum absolute atomic E-state index is 0.0139. The Morgan fingerprint density at radius 2 is 2.14 bits per heavy atom. The number of nitro groups is 1. The summed E-state index contributed by atoms with van der Waals surface area (Å²) in [5.41, 5.74) is -1.37. The number of carboxylic acids is 1. The molecule has 1 unspecified atom stereocenters. The van der Waals surface area contributed by atoms with Crippen molar-refractivity contribution in [2.45, 2.75) is 18.9 Å². The van der Waals surface area contributed by atoms with Gasteiger partial charge < -0.3 is 15.2 Å². The average molecular weight is 331 g/mol. The molecule has 0 fully saturated rings. The van der Waals surface area contributed by atoms with Crippen molar-refractivity contribution in [1.82, 2.24) is 5.32 Å². The predicted molar refractivity (Wildman–Crippen MR) is 78.1 cm³/mol. The lowest BCUT2D eigenvalue weighted by atomic mass is 9.98. The highest BCUT2D eigenvalue weighted by Crippen LogP contribution is 2.23. The Hall–Kier alpha value is -2.19. The number of non-ortho nitro benzene ring substituents is 1. The lowest BCUT2D eigenvalue weighted by Gasteiger charge is -2.28. The van der Waals surface area contributed by atoms with Crippen molar-refractivity contribution in [1.29, 1.82) is 0 Å². The average Bonchev–Trinajstić information content (AvgIpc) is 2.36. The summed E-state index contributed by atoms with van der Waals surface area (Å²) < 4.78 is 4.93. The van der Waals surface area contributed by atoms with E-state index in [2.05, 4.69) is 5.32 Å². The third-order valence-electron chi connectivity index (χ3n) is 2.83. The molecule has 1 aromatic rings. The number of ether oxygens (including phenoxy) is 1. The van der Waals surface area contributed by atoms with Crippen LogP contribution < -0.4 is 5.32 Å². The second kappa shape index (κ2) is 7.19. The van der Waals surface area contributed by atoms with Crippen molar-refractivity contribution in [3.63, 3.8) is 0 Å². The van der Waals surface area contributed by atoms with Gasteiger partial charge in [0, 0.05) is 19.2 Å². The number of aliphatic carboxylic acids is 1. The Bertz CT molecular complexity index is 606. The van der Waals surface area contributed by atoms with E-state index in [0.29, 0.717) is 0 Å². The fraction of sp³-hybridized carbons (Fsp3) is 0.385. The summed E-state index contributed by atoms with van der Waals surface area (Å²) in [4.78, 5) is 33.1. The number of carbonyl (C=O) groups is 2. The van der Waals surface area contributed by atoms with Gasteiger partial charge in [0.1, 0.15) is 0 Å². The van der Waals surface area contributed by atoms with Crippen LogP contribution in [0.4, 0.5) is 5.69 Å². The minimum Gasteiger partial charge on any atom is -0.481 e. The van der Waals surface area contributed by atoms with Gasteiger partial charge in [-0.3, -0.25) is 19.7 Å². The number of methoxy groups -OCH3 is 1. The van der Waals surface area contributed by atoms with Gasteiger partial charge in [-0.15, -0.1) is 0 Å². The standard InChI is InChI=1S/C13H15ClN2O6/c1-13(7-22-2,6-11(17)18)15-12(19)9-4-3-8(16(20)21)5-10(9)14/h3-5H,6-7H2,1-2H3,(H,15,19)(H,17,18). The van der Waals surface area contributed by atoms with E-state index in [-0.39, 0.29) is 29.3 Å². The molecule has 0 bridgehead atoms. The number of nitro benzene ring substituents is 1. The second-order valence-corrected chi connectivity index (χ2v) is 5.35. The Morgan fingerprint density at radius 1 is 1.50 bits per heavy atom. The van der Waals surface area contributed by atoms with Gasteiger partial charge in [0.25, 0.3) is 11.6 Å². The van der Waals surface area contributed by atoms with E-state index in [0.717, 1.165) is 12.1 Å². The first-order valence-corrected chi connectivity index (χ1v) is 6.53. The summed E-state index contributed by atoms with van der Waals surface area (Å²) in [6, 6.07) is 3.41. The van der Waals surface area contributed by atoms with E-state index >= 15 is 0 Å². The van der Waals surface area contributed by atoms with Crippen molar-refractivity contribution in [3.05, 3.63) is 38.9 Å². The van der Waals surface area contributed by atoms with Crippen LogP contribution in [0.25, 0.3) is 0 Å². The highest BCUT2D eigenvalue weighted by atomic mass is 35.5. The van der Waals surface area contributed by atoms with Crippen LogP contribution in [-0.4, -0.2) is 41.2 Å². The Kier molecular flexibility index (Phi) is 5.84. The molecule has 0 saturated heterocycles. The first-order valence-electron chi connectivity index (χ1n) is 6.16. The van der Waals surface area contributed by atoms with Gasteiger partial charge in [-0.05, 0) is 13.0 Å². The van der Waals surface area contributed by atoms with E-state index < -0.39 is 22.3 Å². The number of hydrogen-bond donors (Lipinski definition) is 2. The highest BCUT2D eigenvalue weighted by molar-refractivity contribution is 6.34. The van der Waals surface area contributed by atoms with Crippen LogP contribution in [0.5, 0.6) is 0 Å². The monoisotopic (exact) mass is 330 g/mol. The maximum atomic E-state index is 12.2. The molecule has 9 heteroatoms. The van der Waals surface area contributed by atoms with Crippen LogP contribution in [0.15, 0.2) is 18.2 Å². The third kappa shape index (κ3) is 4.68. The molecular formula is C13H15ClN2O6. The third-order valence-corrected chi connectivity index (χ3v) is 3.14. The fourth-order valence-corrected chi connectivity index (χ4v) is 2.19. The molecule has 0 aliphatic carbocycles. The molecule has 1 atom stereocenters. The molecular weight excluding hydrogens is 316 g/mol. The normalized spacial score (nSPS) is 13.2. The Labute approximate surface area is 131 Å². The first-order chi connectivity index (χ1) is 10.2. The van der Waals surface area contributed by atoms with E-state index in [1.54, 1.807) is 0 Å². The molecule has 0 heterocycles. The predicted octanol–water partition coefficient (Wildman–Crippen LogP) is 1.86. The maximum Gasteiger partial charge on any atom is 0.305 e. The molecule has 2 N–H and O–H groups in total. The first kappa shape index (κ1) is 17.9. The molecule has 0 aromatic heterocycles. The van der Waals surface area contributed by atoms with Gasteiger partial charge in [-0.25, -0.2) is 0 Å². The van der Waals surface area contributed by atoms with Crippen LogP contribution in [0.2, 0.25) is 5.02 Å². The number of benzene rings is 1. The lowest BCUT2D eigenvalue weighted by Crippen LogP contribution is -2.50. The van der Waals surface area contributed by atoms with Crippen molar-refractivity contribution in [2.24, 2.45) is 0 Å². The number of halogens is 1. The topological polar surface area (TPSA) is 119 Å². The highest BCUT2D eigenvalue weighted by Gasteiger charge is 2.30. The molecule has 0 saturated carbocycles. The molecule has 120 valence electrons. The number of rotatable bonds is 7. The smallest absolute Gasteiger partial charge is 0.305 e. The van der Waals surface area contributed by atoms with Crippen LogP contribution >= 0.6 is 11.6 Å². The molecule has 0 aliphatic rings. The molecule has 0 radical (unpaired) electrons. The van der Waals surface area contributed by atoms with Crippen molar-refractivity contribution in [3.8, 4) is 0 Å². The van der Waals surface area contributed by atoms with Gasteiger partial charge in [0.15, 0.2) is 0 Å². The van der Waals surface area contributed by atoms with E-state index in [4.69, 9.17) is 21.4 Å². The Morgan fingerprint density at radius 3 is 2.59 bits per heavy atom. The maximum absolute atomic E-state index is 12.2. The quantitative estimate of drug-likeness (QED) is 0.581. The number of hydrogen-bond acceptors (Lipinski definition) is 5. The zero-order chi connectivity index (χ0) is 16.9. The summed E-state index contributed by atoms with van der Waals surface area (Å²) >= 11 is 5.87. The van der Waals surface area contributed by atoms with Gasteiger partial charge in [0.05, 0.1) is 34.1 Å². The molecule has 0 spiro atoms. The molecule has 0 aliphatic heterocycles. The van der Waals surface area contributed by atoms with Crippen LogP contribution in [0.1, 0.15) is 23.7 Å². The van der Waals surface area contributed by atoms with Crippen molar-refractivity contribution >= 4 is 29.2 Å². The zero-order valence-corrected chi connectivity index (χ0v) is 12.7. The summed E-state index contributed by atoms with van der Waals surface area (Å²) in [5, 5.41) is 22.0. The van der Waals surface area contributed by atoms with Gasteiger partial charge in [-0.1, -0.05) is 11.6 Å². The number of carbonyl (C=O) groups excluding carboxylic acids is 1. The number of amides is 1. The van der Waals surface area contributed by atoms with E-state index in [9.17, 15) is 19.7 Å². The van der Waals surface area contributed by atoms with Crippen LogP contribution in [0.3, 0.4) is 0 Å². The summed E-state index contributed by atoms with van der Waals surface area (Å²) in [6.07, 6.45) is -0.350. The van der Waals surface area contributed by atoms with Gasteiger partial charge in [0.2, 0.25) is 0 Å². The van der Waals surface area contributed by atoms with Gasteiger partial charge >= 0.3 is 5.97 Å². The van der Waals surface area contributed by atoms with Crippen molar-refractivity contribution in [2.75, 3.05) is 13.7 Å². The lowest BCUT2D eigenvalue weighted by molar-refractivity contribution is -0.384. The van der Waals surface area contributed by atoms with E-state index in [1.807, 2.05) is 0 Å². The summed E-state index contributed by atoms with van der Waals surface area (Å²) in [7, 11) is 1.38. The zero-order valence-electron chi connectivity index (χ0n) is 12.0. The molecule has 1 amide bonds. The minimum atomic E-state index is -1.14. The molecule has 8 nitrogen and oxygen atoms in total. The number of nitrogens with zero attached hydrogens (tertiary/aromatic N) is 1. The molecule has 1 rings (SSSR count). The number of nitrogens with one attached hydrogen (secondary N) is 1. The van der Waals surface area contributed by atoms with Gasteiger partial charge in [-0.2, -0.15) is 0 Å². The molecule has 1 aromatic carbocycles. The largest absolute Gasteiger partial charge is 0.481 e.